The number of pyridine rings is 1. The van der Waals surface area contributed by atoms with Crippen LogP contribution in [-0.4, -0.2) is 64.6 Å². The van der Waals surface area contributed by atoms with Crippen molar-refractivity contribution >= 4 is 55.3 Å². The van der Waals surface area contributed by atoms with Crippen LogP contribution in [0.3, 0.4) is 0 Å². The van der Waals surface area contributed by atoms with E-state index in [1.54, 1.807) is 13.0 Å². The Hall–Kier alpha value is -6.42. The van der Waals surface area contributed by atoms with E-state index in [-0.39, 0.29) is 73.4 Å². The third-order valence-electron chi connectivity index (χ3n) is 10.7. The van der Waals surface area contributed by atoms with E-state index in [0.29, 0.717) is 16.4 Å². The maximum absolute atomic E-state index is 15.5. The molecule has 5 heterocycles. The third kappa shape index (κ3) is 7.09. The molecule has 0 bridgehead atoms. The number of benzene rings is 2. The molecular formula is C39H30ClF6N11O4S. The number of hydrogen-bond donors (Lipinski definition) is 2. The van der Waals surface area contributed by atoms with Crippen LogP contribution in [0.1, 0.15) is 58.8 Å². The van der Waals surface area contributed by atoms with E-state index in [1.165, 1.54) is 42.2 Å². The maximum Gasteiger partial charge on any atom is 0.293 e. The number of aryl methyl sites for hydroxylation is 2. The number of fused-ring (bicyclic) bond motifs is 5. The summed E-state index contributed by atoms with van der Waals surface area (Å²) in [6, 6.07) is 8.25. The van der Waals surface area contributed by atoms with Gasteiger partial charge in [-0.05, 0) is 67.3 Å². The molecule has 0 radical (unpaired) electrons. The largest absolute Gasteiger partial charge is 0.344 e. The highest BCUT2D eigenvalue weighted by Crippen LogP contribution is 2.68. The van der Waals surface area contributed by atoms with Gasteiger partial charge in [-0.3, -0.25) is 28.2 Å². The summed E-state index contributed by atoms with van der Waals surface area (Å²) < 4.78 is 119. The number of nitrogens with one attached hydrogen (secondary N) is 2. The van der Waals surface area contributed by atoms with Gasteiger partial charge in [0.15, 0.2) is 17.3 Å². The SMILES string of the molecule is Cc1ccnc(-c2ccc3c(=O)n(-c4ccc(Cl)c5c(NS(C)(=O)=O)nn(C)c45)c([C@H](Cc4cc(F)cc(F)c4)NC(=O)Cn4nc(C(F)F)c5c4C(F)(F)[C@@H]4C[C@H]54)nc3n2)n1. The minimum atomic E-state index is -3.92. The summed E-state index contributed by atoms with van der Waals surface area (Å²) in [4.78, 5) is 47.0. The molecule has 9 rings (SSSR count). The Morgan fingerprint density at radius 2 is 1.77 bits per heavy atom. The molecule has 3 atom stereocenters. The normalized spacial score (nSPS) is 17.1. The lowest BCUT2D eigenvalue weighted by molar-refractivity contribution is -0.123. The number of alkyl halides is 4. The number of carbonyl (C=O) groups is 1. The van der Waals surface area contributed by atoms with Crippen LogP contribution >= 0.6 is 11.6 Å². The lowest BCUT2D eigenvalue weighted by atomic mass is 10.0. The van der Waals surface area contributed by atoms with E-state index in [4.69, 9.17) is 16.6 Å². The molecule has 0 aliphatic heterocycles. The van der Waals surface area contributed by atoms with Crippen molar-refractivity contribution in [3.05, 3.63) is 116 Å². The minimum Gasteiger partial charge on any atom is -0.344 e. The number of rotatable bonds is 11. The summed E-state index contributed by atoms with van der Waals surface area (Å²) in [5, 5.41) is 10.6. The fourth-order valence-electron chi connectivity index (χ4n) is 8.16. The highest BCUT2D eigenvalue weighted by Gasteiger charge is 2.67. The van der Waals surface area contributed by atoms with Gasteiger partial charge >= 0.3 is 0 Å². The lowest BCUT2D eigenvalue weighted by Gasteiger charge is -2.24. The van der Waals surface area contributed by atoms with Gasteiger partial charge in [0.2, 0.25) is 15.9 Å². The molecule has 2 aliphatic carbocycles. The van der Waals surface area contributed by atoms with Crippen LogP contribution in [0.25, 0.3) is 39.1 Å². The second-order valence-corrected chi connectivity index (χ2v) is 17.3. The molecule has 23 heteroatoms. The standard InChI is InChI=1S/C39H30ClF6N11O4S/c1-16-8-9-47-35(48-16)24-6-4-20-34(50-24)51-37(57(38(20)59)26-7-5-23(40)29-31(26)55(2)53-36(29)54-62(3,60)61)25(12-17-10-18(41)13-19(42)11-17)49-27(58)15-56-32-28(30(52-56)33(43)44)21-14-22(21)39(32,45)46/h4-11,13,21-22,25,33H,12,14-15H2,1-3H3,(H,49,58)(H,53,54)/t21-,22+,25-/m0/s1. The van der Waals surface area contributed by atoms with Crippen molar-refractivity contribution in [3.8, 4) is 17.2 Å². The zero-order valence-electron chi connectivity index (χ0n) is 32.3. The Balaban J connectivity index is 1.26. The van der Waals surface area contributed by atoms with Gasteiger partial charge in [-0.15, -0.1) is 0 Å². The Labute approximate surface area is 350 Å². The zero-order chi connectivity index (χ0) is 44.2. The molecule has 1 amide bonds. The highest BCUT2D eigenvalue weighted by atomic mass is 35.5. The number of hydrogen-bond acceptors (Lipinski definition) is 10. The van der Waals surface area contributed by atoms with Gasteiger partial charge in [0, 0.05) is 42.9 Å². The molecule has 1 fully saturated rings. The number of sulfonamides is 1. The first-order valence-electron chi connectivity index (χ1n) is 18.7. The van der Waals surface area contributed by atoms with Crippen molar-refractivity contribution in [1.29, 1.82) is 0 Å². The Morgan fingerprint density at radius 1 is 1.03 bits per heavy atom. The van der Waals surface area contributed by atoms with Crippen LogP contribution in [-0.2, 0) is 40.8 Å². The molecule has 2 aromatic carbocycles. The van der Waals surface area contributed by atoms with Crippen molar-refractivity contribution in [1.82, 2.24) is 49.4 Å². The molecule has 1 saturated carbocycles. The predicted octanol–water partition coefficient (Wildman–Crippen LogP) is 6.18. The molecule has 62 heavy (non-hydrogen) atoms. The first-order chi connectivity index (χ1) is 29.3. The molecule has 15 nitrogen and oxygen atoms in total. The van der Waals surface area contributed by atoms with E-state index in [9.17, 15) is 35.6 Å². The van der Waals surface area contributed by atoms with Crippen molar-refractivity contribution in [3.63, 3.8) is 0 Å². The van der Waals surface area contributed by atoms with Crippen LogP contribution in [0, 0.1) is 24.5 Å². The summed E-state index contributed by atoms with van der Waals surface area (Å²) >= 11 is 6.61. The number of carbonyl (C=O) groups excluding carboxylic acids is 1. The topological polar surface area (TPSA) is 184 Å². The summed E-state index contributed by atoms with van der Waals surface area (Å²) in [5.74, 6) is -9.04. The number of halogens is 7. The zero-order valence-corrected chi connectivity index (χ0v) is 33.9. The fraction of sp³-hybridized carbons (Fsp3) is 0.282. The number of aromatic nitrogens is 9. The fourth-order valence-corrected chi connectivity index (χ4v) is 8.89. The van der Waals surface area contributed by atoms with Crippen LogP contribution in [0.2, 0.25) is 5.02 Å². The maximum atomic E-state index is 15.5. The molecular weight excluding hydrogens is 868 g/mol. The summed E-state index contributed by atoms with van der Waals surface area (Å²) in [6.45, 7) is 0.720. The van der Waals surface area contributed by atoms with Gasteiger partial charge in [0.1, 0.15) is 41.1 Å². The van der Waals surface area contributed by atoms with Crippen molar-refractivity contribution < 1.29 is 39.6 Å². The molecule has 2 N–H and O–H groups in total. The van der Waals surface area contributed by atoms with Crippen molar-refractivity contribution in [2.45, 2.75) is 50.6 Å². The molecule has 7 aromatic rings. The lowest BCUT2D eigenvalue weighted by Crippen LogP contribution is -2.38. The number of amides is 1. The first kappa shape index (κ1) is 41.0. The number of nitrogens with zero attached hydrogens (tertiary/aromatic N) is 9. The van der Waals surface area contributed by atoms with Crippen molar-refractivity contribution in [2.75, 3.05) is 11.0 Å². The first-order valence-corrected chi connectivity index (χ1v) is 20.9. The van der Waals surface area contributed by atoms with Gasteiger partial charge in [-0.25, -0.2) is 45.9 Å². The Bertz CT molecular complexity index is 3190. The molecule has 5 aromatic heterocycles. The van der Waals surface area contributed by atoms with Gasteiger partial charge in [0.05, 0.1) is 39.3 Å². The van der Waals surface area contributed by atoms with Gasteiger partial charge in [0.25, 0.3) is 17.9 Å². The molecule has 0 unspecified atom stereocenters. The molecule has 0 saturated heterocycles. The Morgan fingerprint density at radius 3 is 2.47 bits per heavy atom. The van der Waals surface area contributed by atoms with Gasteiger partial charge in [-0.1, -0.05) is 11.6 Å². The highest BCUT2D eigenvalue weighted by molar-refractivity contribution is 7.92. The summed E-state index contributed by atoms with van der Waals surface area (Å²) in [7, 11) is -2.48. The molecule has 2 aliphatic rings. The second kappa shape index (κ2) is 14.6. The van der Waals surface area contributed by atoms with Crippen LogP contribution in [0.4, 0.5) is 32.2 Å². The average Bonchev–Trinajstić information content (AvgIpc) is 3.72. The average molecular weight is 898 g/mol. The van der Waals surface area contributed by atoms with E-state index in [0.717, 1.165) is 23.0 Å². The predicted molar refractivity (Wildman–Crippen MR) is 212 cm³/mol. The summed E-state index contributed by atoms with van der Waals surface area (Å²) in [5.41, 5.74) is -2.19. The van der Waals surface area contributed by atoms with E-state index in [2.05, 4.69) is 35.2 Å². The van der Waals surface area contributed by atoms with Crippen LogP contribution in [0.5, 0.6) is 0 Å². The Kier molecular flexibility index (Phi) is 9.65. The van der Waals surface area contributed by atoms with Gasteiger partial charge < -0.3 is 5.32 Å². The van der Waals surface area contributed by atoms with E-state index in [1.807, 2.05) is 0 Å². The molecule has 320 valence electrons. The quantitative estimate of drug-likeness (QED) is 0.142. The minimum absolute atomic E-state index is 0.0127. The number of anilines is 1. The van der Waals surface area contributed by atoms with E-state index >= 15 is 8.78 Å². The summed E-state index contributed by atoms with van der Waals surface area (Å²) in [6.07, 6.45) is -1.34. The van der Waals surface area contributed by atoms with Crippen LogP contribution in [0.15, 0.2) is 59.5 Å². The van der Waals surface area contributed by atoms with Crippen LogP contribution < -0.4 is 15.6 Å². The van der Waals surface area contributed by atoms with Gasteiger partial charge in [-0.2, -0.15) is 19.0 Å². The monoisotopic (exact) mass is 897 g/mol. The smallest absolute Gasteiger partial charge is 0.293 e. The second-order valence-electron chi connectivity index (χ2n) is 15.1. The van der Waals surface area contributed by atoms with E-state index < -0.39 is 87.7 Å². The molecule has 0 spiro atoms. The van der Waals surface area contributed by atoms with Crippen molar-refractivity contribution in [2.24, 2.45) is 13.0 Å². The third-order valence-corrected chi connectivity index (χ3v) is 11.6.